The Morgan fingerprint density at radius 2 is 2.00 bits per heavy atom. The van der Waals surface area contributed by atoms with Crippen molar-refractivity contribution < 1.29 is 4.39 Å². The molecule has 0 radical (unpaired) electrons. The number of fused-ring (bicyclic) bond motifs is 1. The Labute approximate surface area is 95.8 Å². The summed E-state index contributed by atoms with van der Waals surface area (Å²) in [4.78, 5) is 0. The molecule has 0 saturated heterocycles. The SMILES string of the molecule is NCC1CCC(C2CC2)c2c(F)cccc21. The van der Waals surface area contributed by atoms with Crippen LogP contribution in [0.2, 0.25) is 0 Å². The molecule has 2 N–H and O–H groups in total. The number of nitrogens with two attached hydrogens (primary N) is 1. The summed E-state index contributed by atoms with van der Waals surface area (Å²) >= 11 is 0. The van der Waals surface area contributed by atoms with Gasteiger partial charge in [0.25, 0.3) is 0 Å². The Morgan fingerprint density at radius 1 is 1.19 bits per heavy atom. The van der Waals surface area contributed by atoms with E-state index >= 15 is 0 Å². The summed E-state index contributed by atoms with van der Waals surface area (Å²) in [6.45, 7) is 0.647. The molecule has 0 aliphatic heterocycles. The van der Waals surface area contributed by atoms with Gasteiger partial charge in [0.05, 0.1) is 0 Å². The van der Waals surface area contributed by atoms with Gasteiger partial charge in [0, 0.05) is 0 Å². The zero-order valence-corrected chi connectivity index (χ0v) is 9.45. The fraction of sp³-hybridized carbons (Fsp3) is 0.571. The van der Waals surface area contributed by atoms with Gasteiger partial charge >= 0.3 is 0 Å². The molecular formula is C14H18FN. The lowest BCUT2D eigenvalue weighted by Crippen LogP contribution is -2.22. The lowest BCUT2D eigenvalue weighted by atomic mass is 9.74. The molecule has 1 saturated carbocycles. The first-order valence-corrected chi connectivity index (χ1v) is 6.29. The van der Waals surface area contributed by atoms with Crippen molar-refractivity contribution in [3.63, 3.8) is 0 Å². The predicted molar refractivity (Wildman–Crippen MR) is 62.9 cm³/mol. The Bertz CT molecular complexity index is 398. The van der Waals surface area contributed by atoms with Crippen molar-refractivity contribution in [1.82, 2.24) is 0 Å². The van der Waals surface area contributed by atoms with Crippen molar-refractivity contribution >= 4 is 0 Å². The second kappa shape index (κ2) is 3.85. The van der Waals surface area contributed by atoms with Crippen LogP contribution in [0.4, 0.5) is 4.39 Å². The van der Waals surface area contributed by atoms with Gasteiger partial charge in [-0.25, -0.2) is 4.39 Å². The lowest BCUT2D eigenvalue weighted by molar-refractivity contribution is 0.432. The van der Waals surface area contributed by atoms with Gasteiger partial charge in [0.1, 0.15) is 5.82 Å². The van der Waals surface area contributed by atoms with Crippen LogP contribution < -0.4 is 5.73 Å². The second-order valence-electron chi connectivity index (χ2n) is 5.20. The topological polar surface area (TPSA) is 26.0 Å². The maximum atomic E-state index is 14.0. The molecule has 1 nitrogen and oxygen atoms in total. The van der Waals surface area contributed by atoms with Crippen molar-refractivity contribution in [2.75, 3.05) is 6.54 Å². The Hall–Kier alpha value is -0.890. The van der Waals surface area contributed by atoms with Gasteiger partial charge in [-0.05, 0) is 67.2 Å². The first-order valence-electron chi connectivity index (χ1n) is 6.29. The fourth-order valence-corrected chi connectivity index (χ4v) is 3.20. The van der Waals surface area contributed by atoms with E-state index < -0.39 is 0 Å². The van der Waals surface area contributed by atoms with Crippen molar-refractivity contribution in [3.05, 3.63) is 35.1 Å². The normalized spacial score (nSPS) is 28.9. The van der Waals surface area contributed by atoms with Crippen LogP contribution in [-0.2, 0) is 0 Å². The molecule has 1 fully saturated rings. The van der Waals surface area contributed by atoms with Crippen molar-refractivity contribution in [1.29, 1.82) is 0 Å². The minimum absolute atomic E-state index is 0.00690. The van der Waals surface area contributed by atoms with E-state index in [0.29, 0.717) is 18.4 Å². The van der Waals surface area contributed by atoms with E-state index in [1.807, 2.05) is 6.07 Å². The minimum Gasteiger partial charge on any atom is -0.330 e. The molecular weight excluding hydrogens is 201 g/mol. The molecule has 1 aromatic carbocycles. The van der Waals surface area contributed by atoms with Gasteiger partial charge in [-0.3, -0.25) is 0 Å². The van der Waals surface area contributed by atoms with Crippen LogP contribution in [0.3, 0.4) is 0 Å². The van der Waals surface area contributed by atoms with E-state index in [1.165, 1.54) is 18.4 Å². The maximum Gasteiger partial charge on any atom is 0.126 e. The van der Waals surface area contributed by atoms with E-state index in [-0.39, 0.29) is 5.82 Å². The smallest absolute Gasteiger partial charge is 0.126 e. The van der Waals surface area contributed by atoms with Crippen molar-refractivity contribution in [3.8, 4) is 0 Å². The van der Waals surface area contributed by atoms with Crippen LogP contribution in [0.15, 0.2) is 18.2 Å². The number of benzene rings is 1. The van der Waals surface area contributed by atoms with Gasteiger partial charge in [0.15, 0.2) is 0 Å². The molecule has 0 spiro atoms. The predicted octanol–water partition coefficient (Wildman–Crippen LogP) is 3.16. The molecule has 0 bridgehead atoms. The Balaban J connectivity index is 2.06. The molecule has 2 aliphatic carbocycles. The zero-order valence-electron chi connectivity index (χ0n) is 9.45. The second-order valence-corrected chi connectivity index (χ2v) is 5.20. The molecule has 2 atom stereocenters. The third-order valence-electron chi connectivity index (χ3n) is 4.20. The molecule has 0 aromatic heterocycles. The van der Waals surface area contributed by atoms with E-state index in [1.54, 1.807) is 6.07 Å². The van der Waals surface area contributed by atoms with Gasteiger partial charge in [-0.1, -0.05) is 12.1 Å². The molecule has 3 rings (SSSR count). The average Bonchev–Trinajstić information content (AvgIpc) is 3.12. The fourth-order valence-electron chi connectivity index (χ4n) is 3.20. The number of hydrogen-bond donors (Lipinski definition) is 1. The number of rotatable bonds is 2. The standard InChI is InChI=1S/C14H18FN/c15-13-3-1-2-11-10(8-16)6-7-12(14(11)13)9-4-5-9/h1-3,9-10,12H,4-8,16H2. The van der Waals surface area contributed by atoms with E-state index in [9.17, 15) is 4.39 Å². The van der Waals surface area contributed by atoms with E-state index in [4.69, 9.17) is 5.73 Å². The van der Waals surface area contributed by atoms with E-state index in [2.05, 4.69) is 6.07 Å². The zero-order chi connectivity index (χ0) is 11.1. The van der Waals surface area contributed by atoms with E-state index in [0.717, 1.165) is 24.3 Å². The highest BCUT2D eigenvalue weighted by atomic mass is 19.1. The minimum atomic E-state index is -0.00690. The maximum absolute atomic E-state index is 14.0. The monoisotopic (exact) mass is 219 g/mol. The quantitative estimate of drug-likeness (QED) is 0.812. The number of hydrogen-bond acceptors (Lipinski definition) is 1. The molecule has 1 aromatic rings. The molecule has 0 amide bonds. The van der Waals surface area contributed by atoms with Gasteiger partial charge in [-0.15, -0.1) is 0 Å². The third kappa shape index (κ3) is 1.56. The Morgan fingerprint density at radius 3 is 2.69 bits per heavy atom. The van der Waals surface area contributed by atoms with Gasteiger partial charge in [0.2, 0.25) is 0 Å². The van der Waals surface area contributed by atoms with Crippen molar-refractivity contribution in [2.24, 2.45) is 11.7 Å². The highest BCUT2D eigenvalue weighted by Crippen LogP contribution is 2.51. The van der Waals surface area contributed by atoms with Crippen LogP contribution in [0.25, 0.3) is 0 Å². The summed E-state index contributed by atoms with van der Waals surface area (Å²) in [5, 5.41) is 0. The first-order chi connectivity index (χ1) is 7.81. The number of halogens is 1. The van der Waals surface area contributed by atoms with Crippen LogP contribution in [-0.4, -0.2) is 6.54 Å². The molecule has 2 unspecified atom stereocenters. The molecule has 2 heteroatoms. The average molecular weight is 219 g/mol. The van der Waals surface area contributed by atoms with Crippen LogP contribution in [0.1, 0.15) is 48.6 Å². The summed E-state index contributed by atoms with van der Waals surface area (Å²) in [7, 11) is 0. The molecule has 0 heterocycles. The Kier molecular flexibility index (Phi) is 2.47. The van der Waals surface area contributed by atoms with Crippen LogP contribution in [0.5, 0.6) is 0 Å². The lowest BCUT2D eigenvalue weighted by Gasteiger charge is -2.31. The first kappa shape index (κ1) is 10.3. The summed E-state index contributed by atoms with van der Waals surface area (Å²) in [5.74, 6) is 1.58. The summed E-state index contributed by atoms with van der Waals surface area (Å²) in [6, 6.07) is 5.50. The summed E-state index contributed by atoms with van der Waals surface area (Å²) in [6.07, 6.45) is 4.83. The van der Waals surface area contributed by atoms with Crippen molar-refractivity contribution in [2.45, 2.75) is 37.5 Å². The molecule has 16 heavy (non-hydrogen) atoms. The third-order valence-corrected chi connectivity index (χ3v) is 4.20. The highest BCUT2D eigenvalue weighted by molar-refractivity contribution is 5.38. The van der Waals surface area contributed by atoms with Gasteiger partial charge < -0.3 is 5.73 Å². The highest BCUT2D eigenvalue weighted by Gasteiger charge is 2.38. The summed E-state index contributed by atoms with van der Waals surface area (Å²) in [5.41, 5.74) is 7.96. The van der Waals surface area contributed by atoms with Crippen LogP contribution >= 0.6 is 0 Å². The van der Waals surface area contributed by atoms with Crippen LogP contribution in [0, 0.1) is 11.7 Å². The summed E-state index contributed by atoms with van der Waals surface area (Å²) < 4.78 is 14.0. The largest absolute Gasteiger partial charge is 0.330 e. The molecule has 86 valence electrons. The molecule has 2 aliphatic rings. The van der Waals surface area contributed by atoms with Gasteiger partial charge in [-0.2, -0.15) is 0 Å².